The van der Waals surface area contributed by atoms with Gasteiger partial charge in [0.15, 0.2) is 0 Å². The van der Waals surface area contributed by atoms with E-state index in [2.05, 4.69) is 90.9 Å². The molecule has 0 amide bonds. The second-order valence-corrected chi connectivity index (χ2v) is 7.00. The highest BCUT2D eigenvalue weighted by Gasteiger charge is 1.98. The molecule has 0 unspecified atom stereocenters. The Labute approximate surface area is 176 Å². The first-order chi connectivity index (χ1) is 12.3. The number of rotatable bonds is 1. The van der Waals surface area contributed by atoms with Gasteiger partial charge in [-0.05, 0) is 92.1 Å². The van der Waals surface area contributed by atoms with Crippen molar-refractivity contribution in [2.75, 3.05) is 0 Å². The quantitative estimate of drug-likeness (QED) is 0.394. The van der Waals surface area contributed by atoms with Crippen LogP contribution in [0.1, 0.15) is 74.6 Å². The summed E-state index contributed by atoms with van der Waals surface area (Å²) >= 11 is 0. The summed E-state index contributed by atoms with van der Waals surface area (Å²) in [7, 11) is 0. The summed E-state index contributed by atoms with van der Waals surface area (Å²) in [5.74, 6) is 0. The zero-order valence-electron chi connectivity index (χ0n) is 18.2. The van der Waals surface area contributed by atoms with Gasteiger partial charge in [0.05, 0.1) is 0 Å². The Bertz CT molecular complexity index is 854. The van der Waals surface area contributed by atoms with Gasteiger partial charge in [-0.3, -0.25) is 0 Å². The van der Waals surface area contributed by atoms with Crippen LogP contribution in [0.25, 0.3) is 10.8 Å². The van der Waals surface area contributed by atoms with Gasteiger partial charge < -0.3 is 0 Å². The third-order valence-corrected chi connectivity index (χ3v) is 4.94. The second-order valence-electron chi connectivity index (χ2n) is 7.00. The largest absolute Gasteiger partial charge is 0.0776 e. The maximum atomic E-state index is 2.30. The zero-order valence-corrected chi connectivity index (χ0v) is 18.2. The fourth-order valence-corrected chi connectivity index (χ4v) is 3.05. The SMILES string of the molecule is C.C.CC.CCc1cc(C)c(C)cc1C.Cc1ccc2cc(C)c(C)cc2c1. The highest BCUT2D eigenvalue weighted by molar-refractivity contribution is 5.84. The molecule has 0 aliphatic heterocycles. The molecule has 0 heteroatoms. The van der Waals surface area contributed by atoms with Crippen molar-refractivity contribution in [1.29, 1.82) is 0 Å². The van der Waals surface area contributed by atoms with E-state index >= 15 is 0 Å². The van der Waals surface area contributed by atoms with Gasteiger partial charge in [0, 0.05) is 0 Å². The van der Waals surface area contributed by atoms with Crippen LogP contribution in [0.4, 0.5) is 0 Å². The average Bonchev–Trinajstić information content (AvgIpc) is 2.62. The Morgan fingerprint density at radius 2 is 1.00 bits per heavy atom. The van der Waals surface area contributed by atoms with Crippen LogP contribution >= 0.6 is 0 Å². The molecular weight excluding hydrogens is 336 g/mol. The van der Waals surface area contributed by atoms with E-state index in [0.29, 0.717) is 0 Å². The van der Waals surface area contributed by atoms with Gasteiger partial charge in [0.1, 0.15) is 0 Å². The van der Waals surface area contributed by atoms with Crippen molar-refractivity contribution in [3.05, 3.63) is 81.4 Å². The molecular formula is C28H44. The summed E-state index contributed by atoms with van der Waals surface area (Å²) in [4.78, 5) is 0. The van der Waals surface area contributed by atoms with E-state index in [4.69, 9.17) is 0 Å². The third kappa shape index (κ3) is 7.50. The molecule has 0 saturated heterocycles. The van der Waals surface area contributed by atoms with Crippen molar-refractivity contribution in [2.24, 2.45) is 0 Å². The molecule has 0 fully saturated rings. The molecule has 28 heavy (non-hydrogen) atoms. The van der Waals surface area contributed by atoms with E-state index in [-0.39, 0.29) is 14.9 Å². The minimum Gasteiger partial charge on any atom is -0.0776 e. The third-order valence-electron chi connectivity index (χ3n) is 4.94. The van der Waals surface area contributed by atoms with Gasteiger partial charge >= 0.3 is 0 Å². The highest BCUT2D eigenvalue weighted by atomic mass is 14.0. The second kappa shape index (κ2) is 13.2. The van der Waals surface area contributed by atoms with Gasteiger partial charge in [-0.15, -0.1) is 0 Å². The lowest BCUT2D eigenvalue weighted by Crippen LogP contribution is -1.90. The molecule has 0 N–H and O–H groups in total. The maximum absolute atomic E-state index is 2.30. The van der Waals surface area contributed by atoms with Crippen LogP contribution in [0.5, 0.6) is 0 Å². The van der Waals surface area contributed by atoms with Crippen LogP contribution in [0.2, 0.25) is 0 Å². The normalized spacial score (nSPS) is 9.18. The van der Waals surface area contributed by atoms with Crippen LogP contribution in [0.15, 0.2) is 42.5 Å². The standard InChI is InChI=1S/C13H14.C11H16.C2H6.2CH4/c1-9-4-5-12-7-10(2)11(3)8-13(12)6-9;1-5-11-7-9(3)8(2)6-10(11)4;1-2;;/h4-8H,1-3H3;6-7H,5H2,1-4H3;1-2H3;2*1H4. The summed E-state index contributed by atoms with van der Waals surface area (Å²) in [6.07, 6.45) is 1.15. The molecule has 0 spiro atoms. The van der Waals surface area contributed by atoms with E-state index in [1.54, 1.807) is 0 Å². The molecule has 3 rings (SSSR count). The molecule has 0 bridgehead atoms. The molecule has 3 aromatic rings. The Balaban J connectivity index is 0. The Morgan fingerprint density at radius 3 is 1.54 bits per heavy atom. The van der Waals surface area contributed by atoms with Crippen molar-refractivity contribution >= 4 is 10.8 Å². The number of hydrogen-bond acceptors (Lipinski definition) is 0. The lowest BCUT2D eigenvalue weighted by molar-refractivity contribution is 1.09. The van der Waals surface area contributed by atoms with Crippen LogP contribution in [0.3, 0.4) is 0 Å². The summed E-state index contributed by atoms with van der Waals surface area (Å²) in [6, 6.07) is 15.7. The monoisotopic (exact) mass is 380 g/mol. The van der Waals surface area contributed by atoms with Crippen LogP contribution in [-0.2, 0) is 6.42 Å². The molecule has 0 aromatic heterocycles. The van der Waals surface area contributed by atoms with E-state index in [1.807, 2.05) is 13.8 Å². The Hall–Kier alpha value is -2.08. The molecule has 0 radical (unpaired) electrons. The van der Waals surface area contributed by atoms with E-state index in [1.165, 1.54) is 49.7 Å². The first-order valence-electron chi connectivity index (χ1n) is 9.86. The van der Waals surface area contributed by atoms with E-state index in [9.17, 15) is 0 Å². The van der Waals surface area contributed by atoms with Gasteiger partial charge in [-0.2, -0.15) is 0 Å². The van der Waals surface area contributed by atoms with Crippen LogP contribution < -0.4 is 0 Å². The lowest BCUT2D eigenvalue weighted by Gasteiger charge is -2.06. The van der Waals surface area contributed by atoms with Crippen molar-refractivity contribution in [1.82, 2.24) is 0 Å². The van der Waals surface area contributed by atoms with Crippen molar-refractivity contribution in [3.63, 3.8) is 0 Å². The lowest BCUT2D eigenvalue weighted by atomic mass is 9.99. The fourth-order valence-electron chi connectivity index (χ4n) is 3.05. The average molecular weight is 381 g/mol. The zero-order chi connectivity index (χ0) is 19.9. The van der Waals surface area contributed by atoms with Crippen LogP contribution in [-0.4, -0.2) is 0 Å². The first kappa shape index (κ1) is 28.1. The molecule has 0 aliphatic rings. The van der Waals surface area contributed by atoms with E-state index in [0.717, 1.165) is 6.42 Å². The van der Waals surface area contributed by atoms with Crippen molar-refractivity contribution in [2.45, 2.75) is 83.6 Å². The molecule has 0 saturated carbocycles. The fraction of sp³-hybridized carbons (Fsp3) is 0.429. The topological polar surface area (TPSA) is 0 Å². The van der Waals surface area contributed by atoms with Gasteiger partial charge in [-0.25, -0.2) is 0 Å². The molecule has 156 valence electrons. The molecule has 0 heterocycles. The highest BCUT2D eigenvalue weighted by Crippen LogP contribution is 2.20. The predicted octanol–water partition coefficient (Wildman–Crippen LogP) is 9.24. The molecule has 0 nitrogen and oxygen atoms in total. The molecule has 0 atom stereocenters. The number of hydrogen-bond donors (Lipinski definition) is 0. The van der Waals surface area contributed by atoms with Gasteiger partial charge in [-0.1, -0.05) is 83.7 Å². The summed E-state index contributed by atoms with van der Waals surface area (Å²) in [5, 5.41) is 2.69. The first-order valence-corrected chi connectivity index (χ1v) is 9.86. The summed E-state index contributed by atoms with van der Waals surface area (Å²) in [6.45, 7) is 19.2. The van der Waals surface area contributed by atoms with Gasteiger partial charge in [0.25, 0.3) is 0 Å². The van der Waals surface area contributed by atoms with Gasteiger partial charge in [0.2, 0.25) is 0 Å². The molecule has 3 aromatic carbocycles. The minimum absolute atomic E-state index is 0. The smallest absolute Gasteiger partial charge is 0.0179 e. The van der Waals surface area contributed by atoms with Crippen LogP contribution in [0, 0.1) is 41.5 Å². The maximum Gasteiger partial charge on any atom is -0.0179 e. The summed E-state index contributed by atoms with van der Waals surface area (Å²) in [5.41, 5.74) is 9.79. The van der Waals surface area contributed by atoms with Crippen molar-refractivity contribution in [3.8, 4) is 0 Å². The minimum atomic E-state index is 0. The Morgan fingerprint density at radius 1 is 0.536 bits per heavy atom. The van der Waals surface area contributed by atoms with E-state index < -0.39 is 0 Å². The number of benzene rings is 3. The Kier molecular flexibility index (Phi) is 13.2. The van der Waals surface area contributed by atoms with Crippen molar-refractivity contribution < 1.29 is 0 Å². The summed E-state index contributed by atoms with van der Waals surface area (Å²) < 4.78 is 0. The molecule has 0 aliphatic carbocycles. The predicted molar refractivity (Wildman–Crippen MR) is 133 cm³/mol. The number of fused-ring (bicyclic) bond motifs is 1. The number of aryl methyl sites for hydroxylation is 7.